The Hall–Kier alpha value is -2.33. The minimum Gasteiger partial charge on any atom is -0.491 e. The summed E-state index contributed by atoms with van der Waals surface area (Å²) < 4.78 is 11.3. The van der Waals surface area contributed by atoms with Crippen molar-refractivity contribution in [3.05, 3.63) is 59.8 Å². The van der Waals surface area contributed by atoms with Crippen molar-refractivity contribution < 1.29 is 9.26 Å². The highest BCUT2D eigenvalue weighted by Crippen LogP contribution is 2.27. The largest absolute Gasteiger partial charge is 0.491 e. The van der Waals surface area contributed by atoms with Crippen LogP contribution in [0.4, 0.5) is 0 Å². The van der Waals surface area contributed by atoms with Gasteiger partial charge in [-0.15, -0.1) is 0 Å². The Morgan fingerprint density at radius 1 is 1.10 bits per heavy atom. The molecule has 0 N–H and O–H groups in total. The van der Waals surface area contributed by atoms with Gasteiger partial charge in [-0.25, -0.2) is 0 Å². The van der Waals surface area contributed by atoms with Crippen LogP contribution in [0, 0.1) is 5.92 Å². The number of hydrogen-bond acceptors (Lipinski definition) is 4. The highest BCUT2D eigenvalue weighted by Gasteiger charge is 2.19. The van der Waals surface area contributed by atoms with Crippen molar-refractivity contribution in [2.75, 3.05) is 13.1 Å². The molecule has 2 heterocycles. The Balaban J connectivity index is 1.23. The number of rotatable bonds is 8. The maximum absolute atomic E-state index is 5.75. The van der Waals surface area contributed by atoms with Crippen LogP contribution in [0.1, 0.15) is 50.8 Å². The van der Waals surface area contributed by atoms with Crippen molar-refractivity contribution in [2.45, 2.75) is 58.6 Å². The van der Waals surface area contributed by atoms with Crippen LogP contribution in [0.5, 0.6) is 5.75 Å². The van der Waals surface area contributed by atoms with E-state index in [2.05, 4.69) is 46.5 Å². The molecule has 4 rings (SSSR count). The van der Waals surface area contributed by atoms with Crippen LogP contribution in [0.25, 0.3) is 11.0 Å². The van der Waals surface area contributed by atoms with Crippen molar-refractivity contribution in [2.24, 2.45) is 5.92 Å². The van der Waals surface area contributed by atoms with Gasteiger partial charge in [-0.3, -0.25) is 4.90 Å². The van der Waals surface area contributed by atoms with Gasteiger partial charge in [0.05, 0.1) is 11.8 Å². The van der Waals surface area contributed by atoms with E-state index in [1.54, 1.807) is 0 Å². The summed E-state index contributed by atoms with van der Waals surface area (Å²) in [5.74, 6) is 1.68. The van der Waals surface area contributed by atoms with Crippen LogP contribution in [0.15, 0.2) is 53.1 Å². The van der Waals surface area contributed by atoms with E-state index in [-0.39, 0.29) is 6.10 Å². The van der Waals surface area contributed by atoms with Gasteiger partial charge in [0.25, 0.3) is 0 Å². The molecule has 29 heavy (non-hydrogen) atoms. The lowest BCUT2D eigenvalue weighted by Gasteiger charge is -2.32. The van der Waals surface area contributed by atoms with Gasteiger partial charge < -0.3 is 9.26 Å². The van der Waals surface area contributed by atoms with Crippen molar-refractivity contribution in [3.63, 3.8) is 0 Å². The molecule has 1 aliphatic heterocycles. The molecule has 2 aromatic carbocycles. The molecule has 3 aromatic rings. The molecule has 0 radical (unpaired) electrons. The van der Waals surface area contributed by atoms with E-state index in [1.165, 1.54) is 44.3 Å². The number of hydrogen-bond donors (Lipinski definition) is 0. The van der Waals surface area contributed by atoms with Gasteiger partial charge in [-0.1, -0.05) is 35.5 Å². The maximum Gasteiger partial charge on any atom is 0.170 e. The Morgan fingerprint density at radius 3 is 2.66 bits per heavy atom. The molecule has 0 spiro atoms. The zero-order chi connectivity index (χ0) is 20.1. The summed E-state index contributed by atoms with van der Waals surface area (Å²) in [4.78, 5) is 2.59. The summed E-state index contributed by atoms with van der Waals surface area (Å²) in [7, 11) is 0. The second-order valence-corrected chi connectivity index (χ2v) is 8.55. The van der Waals surface area contributed by atoms with Crippen LogP contribution in [-0.2, 0) is 13.0 Å². The first-order valence-electron chi connectivity index (χ1n) is 11.0. The van der Waals surface area contributed by atoms with Crippen LogP contribution in [0.2, 0.25) is 0 Å². The Morgan fingerprint density at radius 2 is 1.90 bits per heavy atom. The summed E-state index contributed by atoms with van der Waals surface area (Å²) in [6.45, 7) is 7.57. The zero-order valence-electron chi connectivity index (χ0n) is 17.6. The van der Waals surface area contributed by atoms with Crippen LogP contribution < -0.4 is 4.74 Å². The number of aryl methyl sites for hydroxylation is 1. The number of likely N-dealkylation sites (tertiary alicyclic amines) is 1. The molecule has 1 aromatic heterocycles. The van der Waals surface area contributed by atoms with E-state index in [9.17, 15) is 0 Å². The monoisotopic (exact) mass is 392 g/mol. The summed E-state index contributed by atoms with van der Waals surface area (Å²) in [5.41, 5.74) is 3.33. The molecule has 0 atom stereocenters. The average molecular weight is 393 g/mol. The standard InChI is InChI=1S/C25H32N2O2/c1-19(2)28-22-11-12-23-24(26-29-25(23)17-22)10-6-9-20-13-15-27(16-14-20)18-21-7-4-3-5-8-21/h3-5,7-8,11-12,17,19-20H,6,9-10,13-16,18H2,1-2H3. The Bertz CT molecular complexity index is 896. The summed E-state index contributed by atoms with van der Waals surface area (Å²) >= 11 is 0. The second kappa shape index (κ2) is 9.45. The fraction of sp³-hybridized carbons (Fsp3) is 0.480. The van der Waals surface area contributed by atoms with Crippen molar-refractivity contribution in [1.29, 1.82) is 0 Å². The summed E-state index contributed by atoms with van der Waals surface area (Å²) in [5, 5.41) is 5.44. The molecule has 1 aliphatic rings. The molecular weight excluding hydrogens is 360 g/mol. The van der Waals surface area contributed by atoms with Gasteiger partial charge in [0.1, 0.15) is 5.75 Å². The molecular formula is C25H32N2O2. The van der Waals surface area contributed by atoms with E-state index in [0.717, 1.165) is 41.3 Å². The van der Waals surface area contributed by atoms with Crippen molar-refractivity contribution >= 4 is 11.0 Å². The van der Waals surface area contributed by atoms with Gasteiger partial charge >= 0.3 is 0 Å². The Labute approximate surface area is 173 Å². The van der Waals surface area contributed by atoms with Crippen LogP contribution in [0.3, 0.4) is 0 Å². The van der Waals surface area contributed by atoms with Gasteiger partial charge in [0.2, 0.25) is 0 Å². The molecule has 4 heteroatoms. The van der Waals surface area contributed by atoms with E-state index >= 15 is 0 Å². The minimum absolute atomic E-state index is 0.161. The highest BCUT2D eigenvalue weighted by molar-refractivity contribution is 5.80. The third-order valence-electron chi connectivity index (χ3n) is 5.87. The fourth-order valence-corrected chi connectivity index (χ4v) is 4.33. The normalized spacial score (nSPS) is 16.0. The molecule has 0 bridgehead atoms. The molecule has 1 fully saturated rings. The quantitative estimate of drug-likeness (QED) is 0.482. The van der Waals surface area contributed by atoms with E-state index in [1.807, 2.05) is 26.0 Å². The number of aromatic nitrogens is 1. The summed E-state index contributed by atoms with van der Waals surface area (Å²) in [6, 6.07) is 16.9. The van der Waals surface area contributed by atoms with E-state index < -0.39 is 0 Å². The Kier molecular flexibility index (Phi) is 6.50. The lowest BCUT2D eigenvalue weighted by atomic mass is 9.91. The predicted octanol–water partition coefficient (Wildman–Crippen LogP) is 5.85. The lowest BCUT2D eigenvalue weighted by Crippen LogP contribution is -2.33. The predicted molar refractivity (Wildman–Crippen MR) is 117 cm³/mol. The third-order valence-corrected chi connectivity index (χ3v) is 5.87. The van der Waals surface area contributed by atoms with Gasteiger partial charge in [0, 0.05) is 18.0 Å². The minimum atomic E-state index is 0.161. The van der Waals surface area contributed by atoms with Gasteiger partial charge in [-0.05, 0) is 82.7 Å². The molecule has 0 aliphatic carbocycles. The second-order valence-electron chi connectivity index (χ2n) is 8.55. The number of benzene rings is 2. The molecule has 0 amide bonds. The lowest BCUT2D eigenvalue weighted by molar-refractivity contribution is 0.171. The smallest absolute Gasteiger partial charge is 0.170 e. The summed E-state index contributed by atoms with van der Waals surface area (Å²) in [6.07, 6.45) is 6.22. The number of nitrogens with zero attached hydrogens (tertiary/aromatic N) is 2. The first kappa shape index (κ1) is 20.0. The first-order chi connectivity index (χ1) is 14.2. The number of ether oxygens (including phenoxy) is 1. The topological polar surface area (TPSA) is 38.5 Å². The molecule has 154 valence electrons. The highest BCUT2D eigenvalue weighted by atomic mass is 16.5. The zero-order valence-corrected chi connectivity index (χ0v) is 17.6. The molecule has 0 saturated carbocycles. The first-order valence-corrected chi connectivity index (χ1v) is 11.0. The third kappa shape index (κ3) is 5.39. The fourth-order valence-electron chi connectivity index (χ4n) is 4.33. The van der Waals surface area contributed by atoms with E-state index in [0.29, 0.717) is 0 Å². The van der Waals surface area contributed by atoms with Gasteiger partial charge in [0.15, 0.2) is 5.58 Å². The molecule has 0 unspecified atom stereocenters. The molecule has 4 nitrogen and oxygen atoms in total. The average Bonchev–Trinajstić information content (AvgIpc) is 3.12. The van der Waals surface area contributed by atoms with Crippen LogP contribution >= 0.6 is 0 Å². The van der Waals surface area contributed by atoms with E-state index in [4.69, 9.17) is 9.26 Å². The van der Waals surface area contributed by atoms with Gasteiger partial charge in [-0.2, -0.15) is 0 Å². The number of piperidine rings is 1. The SMILES string of the molecule is CC(C)Oc1ccc2c(CCCC3CCN(Cc4ccccc4)CC3)noc2c1. The van der Waals surface area contributed by atoms with Crippen molar-refractivity contribution in [3.8, 4) is 5.75 Å². The maximum atomic E-state index is 5.75. The van der Waals surface area contributed by atoms with Crippen molar-refractivity contribution in [1.82, 2.24) is 10.1 Å². The number of fused-ring (bicyclic) bond motifs is 1. The van der Waals surface area contributed by atoms with Crippen LogP contribution in [-0.4, -0.2) is 29.3 Å². The molecule has 1 saturated heterocycles.